The van der Waals surface area contributed by atoms with Gasteiger partial charge in [0.25, 0.3) is 11.5 Å². The number of carbonyl (C=O) groups excluding carboxylic acids is 1. The van der Waals surface area contributed by atoms with Crippen molar-refractivity contribution in [2.45, 2.75) is 57.2 Å². The van der Waals surface area contributed by atoms with Crippen molar-refractivity contribution in [2.24, 2.45) is 0 Å². The molecule has 4 rings (SSSR count). The van der Waals surface area contributed by atoms with Crippen LogP contribution in [-0.2, 0) is 4.74 Å². The fourth-order valence-corrected chi connectivity index (χ4v) is 3.73. The number of ether oxygens (including phenoxy) is 1. The first kappa shape index (κ1) is 16.3. The van der Waals surface area contributed by atoms with E-state index < -0.39 is 0 Å². The molecule has 2 heterocycles. The third-order valence-corrected chi connectivity index (χ3v) is 5.17. The predicted octanol–water partition coefficient (Wildman–Crippen LogP) is 3.02. The van der Waals surface area contributed by atoms with Crippen molar-refractivity contribution < 1.29 is 9.53 Å². The third kappa shape index (κ3) is 3.21. The van der Waals surface area contributed by atoms with E-state index in [2.05, 4.69) is 5.32 Å². The van der Waals surface area contributed by atoms with Crippen LogP contribution < -0.4 is 10.9 Å². The molecule has 1 atom stereocenters. The van der Waals surface area contributed by atoms with Crippen LogP contribution in [0.25, 0.3) is 10.8 Å². The summed E-state index contributed by atoms with van der Waals surface area (Å²) in [6.07, 6.45) is 5.37. The molecule has 1 aromatic heterocycles. The van der Waals surface area contributed by atoms with Crippen molar-refractivity contribution in [3.8, 4) is 0 Å². The van der Waals surface area contributed by atoms with Gasteiger partial charge in [0.2, 0.25) is 0 Å². The molecule has 1 N–H and O–H groups in total. The highest BCUT2D eigenvalue weighted by Gasteiger charge is 2.31. The van der Waals surface area contributed by atoms with Gasteiger partial charge in [-0.25, -0.2) is 0 Å². The van der Waals surface area contributed by atoms with Crippen LogP contribution in [0.15, 0.2) is 35.3 Å². The molecule has 1 saturated heterocycles. The average molecular weight is 340 g/mol. The molecule has 0 bridgehead atoms. The van der Waals surface area contributed by atoms with Gasteiger partial charge in [0.15, 0.2) is 0 Å². The number of hydrogen-bond donors (Lipinski definition) is 1. The molecular weight excluding hydrogens is 316 g/mol. The van der Waals surface area contributed by atoms with E-state index in [-0.39, 0.29) is 29.2 Å². The quantitative estimate of drug-likeness (QED) is 0.934. The van der Waals surface area contributed by atoms with Crippen molar-refractivity contribution in [1.82, 2.24) is 9.88 Å². The normalized spacial score (nSPS) is 22.7. The van der Waals surface area contributed by atoms with Crippen molar-refractivity contribution in [2.75, 3.05) is 6.61 Å². The van der Waals surface area contributed by atoms with Gasteiger partial charge in [-0.15, -0.1) is 0 Å². The number of benzene rings is 1. The Bertz CT molecular complexity index is 880. The molecule has 2 fully saturated rings. The maximum atomic E-state index is 13.0. The summed E-state index contributed by atoms with van der Waals surface area (Å²) in [5, 5.41) is 4.50. The lowest BCUT2D eigenvalue weighted by molar-refractivity contribution is -0.0615. The van der Waals surface area contributed by atoms with Gasteiger partial charge in [0.05, 0.1) is 11.2 Å². The fourth-order valence-electron chi connectivity index (χ4n) is 3.73. The zero-order chi connectivity index (χ0) is 17.6. The van der Waals surface area contributed by atoms with E-state index in [1.165, 1.54) is 0 Å². The standard InChI is InChI=1S/C20H24N2O3/c1-20(2)11-13(9-10-25-20)21-18(23)17-12-22(14-7-8-14)19(24)16-6-4-3-5-15(16)17/h3-6,12-14H,7-11H2,1-2H3,(H,21,23)/t13-/m0/s1. The Hall–Kier alpha value is -2.14. The number of nitrogens with one attached hydrogen (secondary N) is 1. The Kier molecular flexibility index (Phi) is 3.91. The number of amides is 1. The molecule has 1 aliphatic heterocycles. The molecule has 5 nitrogen and oxygen atoms in total. The van der Waals surface area contributed by atoms with Gasteiger partial charge in [-0.2, -0.15) is 0 Å². The van der Waals surface area contributed by atoms with Crippen molar-refractivity contribution in [1.29, 1.82) is 0 Å². The first-order chi connectivity index (χ1) is 11.9. The highest BCUT2D eigenvalue weighted by molar-refractivity contribution is 6.06. The largest absolute Gasteiger partial charge is 0.375 e. The topological polar surface area (TPSA) is 60.3 Å². The van der Waals surface area contributed by atoms with Crippen LogP contribution in [0.2, 0.25) is 0 Å². The monoisotopic (exact) mass is 340 g/mol. The minimum atomic E-state index is -0.217. The fraction of sp³-hybridized carbons (Fsp3) is 0.500. The van der Waals surface area contributed by atoms with E-state index in [0.717, 1.165) is 31.1 Å². The predicted molar refractivity (Wildman–Crippen MR) is 97.0 cm³/mol. The molecule has 25 heavy (non-hydrogen) atoms. The Morgan fingerprint density at radius 2 is 1.92 bits per heavy atom. The highest BCUT2D eigenvalue weighted by Crippen LogP contribution is 2.34. The summed E-state index contributed by atoms with van der Waals surface area (Å²) in [6, 6.07) is 7.73. The van der Waals surface area contributed by atoms with Gasteiger partial charge >= 0.3 is 0 Å². The number of fused-ring (bicyclic) bond motifs is 1. The maximum Gasteiger partial charge on any atom is 0.258 e. The van der Waals surface area contributed by atoms with Gasteiger partial charge in [-0.1, -0.05) is 18.2 Å². The highest BCUT2D eigenvalue weighted by atomic mass is 16.5. The lowest BCUT2D eigenvalue weighted by Crippen LogP contribution is -2.46. The Morgan fingerprint density at radius 1 is 1.20 bits per heavy atom. The molecule has 1 aromatic carbocycles. The number of rotatable bonds is 3. The van der Waals surface area contributed by atoms with E-state index in [4.69, 9.17) is 4.74 Å². The van der Waals surface area contributed by atoms with Gasteiger partial charge < -0.3 is 14.6 Å². The van der Waals surface area contributed by atoms with E-state index in [1.54, 1.807) is 10.8 Å². The van der Waals surface area contributed by atoms with Gasteiger partial charge in [0, 0.05) is 35.7 Å². The third-order valence-electron chi connectivity index (χ3n) is 5.17. The van der Waals surface area contributed by atoms with Crippen molar-refractivity contribution in [3.63, 3.8) is 0 Å². The molecule has 2 aromatic rings. The van der Waals surface area contributed by atoms with Crippen LogP contribution in [0, 0.1) is 0 Å². The summed E-state index contributed by atoms with van der Waals surface area (Å²) in [4.78, 5) is 25.7. The molecule has 2 aliphatic rings. The molecule has 1 saturated carbocycles. The summed E-state index contributed by atoms with van der Waals surface area (Å²) in [7, 11) is 0. The molecular formula is C20H24N2O3. The minimum Gasteiger partial charge on any atom is -0.375 e. The molecule has 1 aliphatic carbocycles. The SMILES string of the molecule is CC1(C)C[C@@H](NC(=O)c2cn(C3CC3)c(=O)c3ccccc23)CCO1. The van der Waals surface area contributed by atoms with Gasteiger partial charge in [0.1, 0.15) is 0 Å². The van der Waals surface area contributed by atoms with Crippen LogP contribution in [0.1, 0.15) is 55.9 Å². The summed E-state index contributed by atoms with van der Waals surface area (Å²) in [5.41, 5.74) is 0.374. The minimum absolute atomic E-state index is 0.00171. The molecule has 132 valence electrons. The van der Waals surface area contributed by atoms with Crippen molar-refractivity contribution >= 4 is 16.7 Å². The first-order valence-electron chi connectivity index (χ1n) is 9.03. The van der Waals surface area contributed by atoms with E-state index in [9.17, 15) is 9.59 Å². The van der Waals surface area contributed by atoms with Crippen molar-refractivity contribution in [3.05, 3.63) is 46.4 Å². The van der Waals surface area contributed by atoms with Crippen LogP contribution >= 0.6 is 0 Å². The van der Waals surface area contributed by atoms with E-state index >= 15 is 0 Å². The van der Waals surface area contributed by atoms with Crippen LogP contribution in [-0.4, -0.2) is 28.7 Å². The summed E-state index contributed by atoms with van der Waals surface area (Å²) in [5.74, 6) is -0.103. The lowest BCUT2D eigenvalue weighted by Gasteiger charge is -2.35. The molecule has 0 radical (unpaired) electrons. The van der Waals surface area contributed by atoms with E-state index in [1.807, 2.05) is 38.1 Å². The molecule has 0 spiro atoms. The van der Waals surface area contributed by atoms with Crippen LogP contribution in [0.4, 0.5) is 0 Å². The molecule has 5 heteroatoms. The first-order valence-corrected chi connectivity index (χ1v) is 9.03. The van der Waals surface area contributed by atoms with Gasteiger partial charge in [-0.05, 0) is 45.6 Å². The maximum absolute atomic E-state index is 13.0. The number of hydrogen-bond acceptors (Lipinski definition) is 3. The van der Waals surface area contributed by atoms with Gasteiger partial charge in [-0.3, -0.25) is 9.59 Å². The number of nitrogens with zero attached hydrogens (tertiary/aromatic N) is 1. The molecule has 0 unspecified atom stereocenters. The number of carbonyl (C=O) groups is 1. The van der Waals surface area contributed by atoms with E-state index in [0.29, 0.717) is 17.6 Å². The second-order valence-corrected chi connectivity index (χ2v) is 7.80. The lowest BCUT2D eigenvalue weighted by atomic mass is 9.93. The zero-order valence-electron chi connectivity index (χ0n) is 14.7. The summed E-state index contributed by atoms with van der Waals surface area (Å²) in [6.45, 7) is 4.75. The Labute approximate surface area is 147 Å². The molecule has 1 amide bonds. The smallest absolute Gasteiger partial charge is 0.258 e. The zero-order valence-corrected chi connectivity index (χ0v) is 14.7. The Balaban J connectivity index is 1.69. The van der Waals surface area contributed by atoms with Crippen LogP contribution in [0.3, 0.4) is 0 Å². The number of pyridine rings is 1. The second kappa shape index (κ2) is 5.99. The number of aromatic nitrogens is 1. The Morgan fingerprint density at radius 3 is 2.60 bits per heavy atom. The second-order valence-electron chi connectivity index (χ2n) is 7.80. The average Bonchev–Trinajstić information content (AvgIpc) is 3.39. The van der Waals surface area contributed by atoms with Crippen LogP contribution in [0.5, 0.6) is 0 Å². The summed E-state index contributed by atoms with van der Waals surface area (Å²) < 4.78 is 7.47. The summed E-state index contributed by atoms with van der Waals surface area (Å²) >= 11 is 0.